The summed E-state index contributed by atoms with van der Waals surface area (Å²) in [6.45, 7) is 1.87. The van der Waals surface area contributed by atoms with Gasteiger partial charge in [0, 0.05) is 30.3 Å². The summed E-state index contributed by atoms with van der Waals surface area (Å²) in [6, 6.07) is 5.23. The molecule has 0 unspecified atom stereocenters. The SMILES string of the molecule is COc1cc(F)cc(NC(=O)Nc2cnc3c(c2)c(C)nn3C)c1. The number of carbonyl (C=O) groups is 1. The van der Waals surface area contributed by atoms with Crippen molar-refractivity contribution in [3.63, 3.8) is 0 Å². The van der Waals surface area contributed by atoms with Crippen molar-refractivity contribution >= 4 is 28.4 Å². The highest BCUT2D eigenvalue weighted by Crippen LogP contribution is 2.21. The first kappa shape index (κ1) is 15.7. The van der Waals surface area contributed by atoms with E-state index in [0.29, 0.717) is 11.4 Å². The molecule has 0 bridgehead atoms. The fraction of sp³-hybridized carbons (Fsp3) is 0.188. The van der Waals surface area contributed by atoms with Gasteiger partial charge in [0.2, 0.25) is 0 Å². The third-order valence-corrected chi connectivity index (χ3v) is 3.49. The fourth-order valence-electron chi connectivity index (χ4n) is 2.42. The number of nitrogens with one attached hydrogen (secondary N) is 2. The molecule has 2 amide bonds. The number of carbonyl (C=O) groups excluding carboxylic acids is 1. The van der Waals surface area contributed by atoms with E-state index < -0.39 is 11.8 Å². The largest absolute Gasteiger partial charge is 0.497 e. The number of ether oxygens (including phenoxy) is 1. The molecule has 0 aliphatic rings. The fourth-order valence-corrected chi connectivity index (χ4v) is 2.42. The first-order valence-electron chi connectivity index (χ1n) is 7.18. The number of anilines is 2. The van der Waals surface area contributed by atoms with Gasteiger partial charge in [-0.05, 0) is 19.1 Å². The number of aryl methyl sites for hydroxylation is 2. The number of pyridine rings is 1. The van der Waals surface area contributed by atoms with Crippen molar-refractivity contribution in [1.29, 1.82) is 0 Å². The Bertz CT molecular complexity index is 922. The lowest BCUT2D eigenvalue weighted by molar-refractivity contribution is 0.262. The van der Waals surface area contributed by atoms with Gasteiger partial charge in [0.25, 0.3) is 0 Å². The van der Waals surface area contributed by atoms with Crippen molar-refractivity contribution in [3.8, 4) is 5.75 Å². The number of aromatic nitrogens is 3. The van der Waals surface area contributed by atoms with Crippen LogP contribution < -0.4 is 15.4 Å². The molecule has 0 saturated heterocycles. The molecule has 8 heteroatoms. The van der Waals surface area contributed by atoms with E-state index in [1.54, 1.807) is 17.8 Å². The summed E-state index contributed by atoms with van der Waals surface area (Å²) in [5, 5.41) is 10.3. The molecule has 0 aliphatic carbocycles. The average Bonchev–Trinajstić information content (AvgIpc) is 2.80. The highest BCUT2D eigenvalue weighted by Gasteiger charge is 2.10. The molecule has 2 aromatic heterocycles. The molecule has 0 spiro atoms. The van der Waals surface area contributed by atoms with Crippen LogP contribution in [0.2, 0.25) is 0 Å². The topological polar surface area (TPSA) is 81.1 Å². The Morgan fingerprint density at radius 3 is 2.71 bits per heavy atom. The molecule has 0 atom stereocenters. The summed E-state index contributed by atoms with van der Waals surface area (Å²) >= 11 is 0. The van der Waals surface area contributed by atoms with E-state index in [1.165, 1.54) is 31.5 Å². The maximum absolute atomic E-state index is 13.4. The lowest BCUT2D eigenvalue weighted by Gasteiger charge is -2.09. The average molecular weight is 329 g/mol. The Labute approximate surface area is 137 Å². The maximum Gasteiger partial charge on any atom is 0.323 e. The summed E-state index contributed by atoms with van der Waals surface area (Å²) in [7, 11) is 3.23. The molecule has 1 aromatic carbocycles. The summed E-state index contributed by atoms with van der Waals surface area (Å²) in [5.74, 6) is -0.182. The third-order valence-electron chi connectivity index (χ3n) is 3.49. The smallest absolute Gasteiger partial charge is 0.323 e. The van der Waals surface area contributed by atoms with Gasteiger partial charge in [-0.3, -0.25) is 4.68 Å². The van der Waals surface area contributed by atoms with E-state index in [2.05, 4.69) is 20.7 Å². The van der Waals surface area contributed by atoms with E-state index in [-0.39, 0.29) is 5.69 Å². The van der Waals surface area contributed by atoms with E-state index >= 15 is 0 Å². The van der Waals surface area contributed by atoms with Crippen LogP contribution in [0.15, 0.2) is 30.5 Å². The molecule has 0 saturated carbocycles. The minimum Gasteiger partial charge on any atom is -0.497 e. The number of rotatable bonds is 3. The second-order valence-corrected chi connectivity index (χ2v) is 5.26. The van der Waals surface area contributed by atoms with Gasteiger partial charge in [0.15, 0.2) is 5.65 Å². The van der Waals surface area contributed by atoms with Gasteiger partial charge < -0.3 is 15.4 Å². The molecule has 124 valence electrons. The molecule has 7 nitrogen and oxygen atoms in total. The molecular weight excluding hydrogens is 313 g/mol. The van der Waals surface area contributed by atoms with Crippen LogP contribution in [0.5, 0.6) is 5.75 Å². The number of hydrogen-bond donors (Lipinski definition) is 2. The predicted octanol–water partition coefficient (Wildman–Crippen LogP) is 3.07. The highest BCUT2D eigenvalue weighted by atomic mass is 19.1. The van der Waals surface area contributed by atoms with Gasteiger partial charge in [-0.25, -0.2) is 14.2 Å². The van der Waals surface area contributed by atoms with E-state index in [1.807, 2.05) is 6.92 Å². The van der Waals surface area contributed by atoms with Gasteiger partial charge in [0.05, 0.1) is 24.7 Å². The van der Waals surface area contributed by atoms with E-state index in [9.17, 15) is 9.18 Å². The van der Waals surface area contributed by atoms with Crippen molar-refractivity contribution in [2.45, 2.75) is 6.92 Å². The zero-order valence-corrected chi connectivity index (χ0v) is 13.4. The number of methoxy groups -OCH3 is 1. The number of fused-ring (bicyclic) bond motifs is 1. The zero-order chi connectivity index (χ0) is 17.3. The summed E-state index contributed by atoms with van der Waals surface area (Å²) < 4.78 is 20.1. The van der Waals surface area contributed by atoms with Gasteiger partial charge in [-0.15, -0.1) is 0 Å². The maximum atomic E-state index is 13.4. The van der Waals surface area contributed by atoms with Gasteiger partial charge >= 0.3 is 6.03 Å². The van der Waals surface area contributed by atoms with Crippen molar-refractivity contribution in [2.24, 2.45) is 7.05 Å². The van der Waals surface area contributed by atoms with Crippen LogP contribution in [0.4, 0.5) is 20.6 Å². The second-order valence-electron chi connectivity index (χ2n) is 5.26. The van der Waals surface area contributed by atoms with Crippen LogP contribution >= 0.6 is 0 Å². The molecular formula is C16H16FN5O2. The van der Waals surface area contributed by atoms with Crippen LogP contribution in [0, 0.1) is 12.7 Å². The van der Waals surface area contributed by atoms with Crippen LogP contribution in [0.25, 0.3) is 11.0 Å². The van der Waals surface area contributed by atoms with Gasteiger partial charge in [-0.2, -0.15) is 5.10 Å². The van der Waals surface area contributed by atoms with Crippen LogP contribution in [0.1, 0.15) is 5.69 Å². The quantitative estimate of drug-likeness (QED) is 0.774. The third kappa shape index (κ3) is 3.12. The molecule has 0 radical (unpaired) electrons. The van der Waals surface area contributed by atoms with Crippen LogP contribution in [-0.4, -0.2) is 27.9 Å². The van der Waals surface area contributed by atoms with Crippen molar-refractivity contribution < 1.29 is 13.9 Å². The minimum atomic E-state index is -0.509. The summed E-state index contributed by atoms with van der Waals surface area (Å²) in [4.78, 5) is 16.4. The number of hydrogen-bond acceptors (Lipinski definition) is 4. The predicted molar refractivity (Wildman–Crippen MR) is 88.8 cm³/mol. The number of benzene rings is 1. The van der Waals surface area contributed by atoms with Crippen LogP contribution in [0.3, 0.4) is 0 Å². The lowest BCUT2D eigenvalue weighted by atomic mass is 10.2. The normalized spacial score (nSPS) is 10.7. The van der Waals surface area contributed by atoms with E-state index in [4.69, 9.17) is 4.74 Å². The Morgan fingerprint density at radius 2 is 1.96 bits per heavy atom. The molecule has 0 fully saturated rings. The minimum absolute atomic E-state index is 0.288. The van der Waals surface area contributed by atoms with Crippen molar-refractivity contribution in [2.75, 3.05) is 17.7 Å². The van der Waals surface area contributed by atoms with Crippen molar-refractivity contribution in [3.05, 3.63) is 42.0 Å². The number of amides is 2. The first-order valence-corrected chi connectivity index (χ1v) is 7.18. The number of halogens is 1. The van der Waals surface area contributed by atoms with Crippen molar-refractivity contribution in [1.82, 2.24) is 14.8 Å². The van der Waals surface area contributed by atoms with E-state index in [0.717, 1.165) is 16.7 Å². The molecule has 3 aromatic rings. The molecule has 3 rings (SSSR count). The van der Waals surface area contributed by atoms with Gasteiger partial charge in [0.1, 0.15) is 11.6 Å². The summed E-state index contributed by atoms with van der Waals surface area (Å²) in [6.07, 6.45) is 1.54. The highest BCUT2D eigenvalue weighted by molar-refractivity contribution is 6.00. The number of nitrogens with zero attached hydrogens (tertiary/aromatic N) is 3. The number of urea groups is 1. The van der Waals surface area contributed by atoms with Gasteiger partial charge in [-0.1, -0.05) is 0 Å². The Hall–Kier alpha value is -3.16. The monoisotopic (exact) mass is 329 g/mol. The Morgan fingerprint density at radius 1 is 1.21 bits per heavy atom. The second kappa shape index (κ2) is 6.15. The lowest BCUT2D eigenvalue weighted by Crippen LogP contribution is -2.19. The summed E-state index contributed by atoms with van der Waals surface area (Å²) in [5.41, 5.74) is 2.35. The van der Waals surface area contributed by atoms with Crippen LogP contribution in [-0.2, 0) is 7.05 Å². The Balaban J connectivity index is 1.77. The first-order chi connectivity index (χ1) is 11.5. The molecule has 0 aliphatic heterocycles. The zero-order valence-electron chi connectivity index (χ0n) is 13.4. The standard InChI is InChI=1S/C16H16FN5O2/c1-9-14-7-12(8-18-15(14)22(2)21-9)20-16(23)19-11-4-10(17)5-13(6-11)24-3/h4-8H,1-3H3,(H2,19,20,23). The molecule has 24 heavy (non-hydrogen) atoms. The Kier molecular flexibility index (Phi) is 4.03. The molecule has 2 N–H and O–H groups in total. The molecule has 2 heterocycles.